The number of alkyl halides is 3. The second-order valence-electron chi connectivity index (χ2n) is 2.18. The van der Waals surface area contributed by atoms with Crippen LogP contribution < -0.4 is 0 Å². The van der Waals surface area contributed by atoms with Gasteiger partial charge in [0.25, 0.3) is 0 Å². The fourth-order valence-corrected chi connectivity index (χ4v) is 1.28. The Balaban J connectivity index is 3.04. The van der Waals surface area contributed by atoms with Crippen LogP contribution in [0.1, 0.15) is 25.7 Å². The maximum atomic E-state index is 5.53. The first-order valence-electron chi connectivity index (χ1n) is 3.27. The first-order chi connectivity index (χ1) is 4.56. The lowest BCUT2D eigenvalue weighted by Crippen LogP contribution is -2.00. The van der Waals surface area contributed by atoms with E-state index in [4.69, 9.17) is 34.8 Å². The molecule has 59 valence electrons. The zero-order chi connectivity index (χ0) is 8.04. The minimum absolute atomic E-state index is 0.657. The van der Waals surface area contributed by atoms with Crippen molar-refractivity contribution in [3.05, 3.63) is 0 Å². The van der Waals surface area contributed by atoms with E-state index in [1.54, 1.807) is 0 Å². The molecular weight excluding hydrogens is 207 g/mol. The van der Waals surface area contributed by atoms with Gasteiger partial charge in [0.15, 0.2) is 3.79 Å². The molecule has 0 fully saturated rings. The Hall–Kier alpha value is 1.09. The molecule has 10 heavy (non-hydrogen) atoms. The molecule has 0 saturated carbocycles. The highest BCUT2D eigenvalue weighted by atomic mass is 35.6. The Morgan fingerprint density at radius 3 is 2.00 bits per heavy atom. The summed E-state index contributed by atoms with van der Waals surface area (Å²) < 4.78 is -1.05. The fourth-order valence-electron chi connectivity index (χ4n) is 0.627. The van der Waals surface area contributed by atoms with Gasteiger partial charge in [-0.25, -0.2) is 0 Å². The maximum absolute atomic E-state index is 5.53. The average molecular weight is 217 g/mol. The quantitative estimate of drug-likeness (QED) is 0.383. The van der Waals surface area contributed by atoms with Gasteiger partial charge in [-0.05, 0) is 12.8 Å². The molecule has 0 rings (SSSR count). The van der Waals surface area contributed by atoms with Crippen LogP contribution in [0.25, 0.3) is 0 Å². The molecular formula is C6H10Cl3Si. The van der Waals surface area contributed by atoms with Gasteiger partial charge < -0.3 is 0 Å². The molecule has 0 atom stereocenters. The molecule has 0 aromatic rings. The summed E-state index contributed by atoms with van der Waals surface area (Å²) in [6.07, 6.45) is 3.92. The van der Waals surface area contributed by atoms with Gasteiger partial charge in [-0.2, -0.15) is 0 Å². The number of hydrogen-bond acceptors (Lipinski definition) is 0. The van der Waals surface area contributed by atoms with Crippen LogP contribution in [0, 0.1) is 0 Å². The third-order valence-electron chi connectivity index (χ3n) is 1.14. The fraction of sp³-hybridized carbons (Fsp3) is 1.00. The minimum Gasteiger partial charge on any atom is -0.0837 e. The molecule has 0 amide bonds. The van der Waals surface area contributed by atoms with E-state index in [0.29, 0.717) is 6.42 Å². The van der Waals surface area contributed by atoms with Gasteiger partial charge in [0.1, 0.15) is 0 Å². The molecule has 0 bridgehead atoms. The molecule has 0 spiro atoms. The van der Waals surface area contributed by atoms with Crippen molar-refractivity contribution in [1.29, 1.82) is 0 Å². The zero-order valence-corrected chi connectivity index (χ0v) is 8.94. The summed E-state index contributed by atoms with van der Waals surface area (Å²) in [4.78, 5) is 0. The molecule has 3 radical (unpaired) electrons. The molecule has 0 nitrogen and oxygen atoms in total. The highest BCUT2D eigenvalue weighted by Crippen LogP contribution is 2.31. The van der Waals surface area contributed by atoms with Gasteiger partial charge in [-0.15, -0.1) is 0 Å². The van der Waals surface area contributed by atoms with Crippen LogP contribution in [0.2, 0.25) is 6.04 Å². The molecule has 0 unspecified atom stereocenters. The molecule has 0 aliphatic heterocycles. The largest absolute Gasteiger partial charge is 0.190 e. The number of unbranched alkanes of at least 4 members (excludes halogenated alkanes) is 2. The van der Waals surface area contributed by atoms with Gasteiger partial charge in [0, 0.05) is 10.2 Å². The van der Waals surface area contributed by atoms with E-state index in [1.165, 1.54) is 0 Å². The van der Waals surface area contributed by atoms with E-state index in [-0.39, 0.29) is 0 Å². The topological polar surface area (TPSA) is 0 Å². The predicted octanol–water partition coefficient (Wildman–Crippen LogP) is 3.50. The highest BCUT2D eigenvalue weighted by molar-refractivity contribution is 6.67. The second kappa shape index (κ2) is 5.70. The van der Waals surface area contributed by atoms with Gasteiger partial charge >= 0.3 is 0 Å². The third kappa shape index (κ3) is 9.09. The van der Waals surface area contributed by atoms with Crippen LogP contribution in [0.4, 0.5) is 0 Å². The van der Waals surface area contributed by atoms with Crippen molar-refractivity contribution in [2.24, 2.45) is 0 Å². The summed E-state index contributed by atoms with van der Waals surface area (Å²) in [5.41, 5.74) is 0. The summed E-state index contributed by atoms with van der Waals surface area (Å²) in [6.45, 7) is 0. The van der Waals surface area contributed by atoms with E-state index >= 15 is 0 Å². The summed E-state index contributed by atoms with van der Waals surface area (Å²) >= 11 is 16.6. The monoisotopic (exact) mass is 215 g/mol. The Kier molecular flexibility index (Phi) is 6.32. The standard InChI is InChI=1S/C6H10Cl3Si/c7-6(8,9)4-2-1-3-5-10/h1-5H2. The van der Waals surface area contributed by atoms with Crippen molar-refractivity contribution >= 4 is 45.0 Å². The number of rotatable bonds is 4. The average Bonchev–Trinajstić information content (AvgIpc) is 1.78. The van der Waals surface area contributed by atoms with Crippen molar-refractivity contribution < 1.29 is 0 Å². The first-order valence-corrected chi connectivity index (χ1v) is 5.12. The second-order valence-corrected chi connectivity index (χ2v) is 5.19. The molecule has 0 aromatic carbocycles. The molecule has 0 N–H and O–H groups in total. The van der Waals surface area contributed by atoms with Crippen LogP contribution in [0.3, 0.4) is 0 Å². The molecule has 0 aliphatic rings. The molecule has 4 heteroatoms. The van der Waals surface area contributed by atoms with Gasteiger partial charge in [0.2, 0.25) is 0 Å². The van der Waals surface area contributed by atoms with E-state index in [2.05, 4.69) is 10.2 Å². The summed E-state index contributed by atoms with van der Waals surface area (Å²) in [5, 5.41) is 0. The summed E-state index contributed by atoms with van der Waals surface area (Å²) in [7, 11) is 3.37. The molecule has 0 saturated heterocycles. The van der Waals surface area contributed by atoms with Gasteiger partial charge in [-0.1, -0.05) is 53.7 Å². The smallest absolute Gasteiger partial charge is 0.0837 e. The highest BCUT2D eigenvalue weighted by Gasteiger charge is 2.17. The lowest BCUT2D eigenvalue weighted by atomic mass is 10.2. The van der Waals surface area contributed by atoms with Crippen LogP contribution in [0.15, 0.2) is 0 Å². The summed E-state index contributed by atoms with van der Waals surface area (Å²) in [6, 6.07) is 1.03. The van der Waals surface area contributed by atoms with E-state index in [9.17, 15) is 0 Å². The molecule has 0 aromatic heterocycles. The van der Waals surface area contributed by atoms with Crippen molar-refractivity contribution in [1.82, 2.24) is 0 Å². The molecule has 0 aliphatic carbocycles. The van der Waals surface area contributed by atoms with Crippen LogP contribution in [-0.4, -0.2) is 14.0 Å². The van der Waals surface area contributed by atoms with Gasteiger partial charge in [0.05, 0.1) is 0 Å². The van der Waals surface area contributed by atoms with Crippen molar-refractivity contribution in [2.75, 3.05) is 0 Å². The zero-order valence-electron chi connectivity index (χ0n) is 5.67. The van der Waals surface area contributed by atoms with Crippen LogP contribution in [-0.2, 0) is 0 Å². The minimum atomic E-state index is -1.05. The lowest BCUT2D eigenvalue weighted by molar-refractivity contribution is 0.677. The van der Waals surface area contributed by atoms with Crippen molar-refractivity contribution in [3.8, 4) is 0 Å². The number of hydrogen-bond donors (Lipinski definition) is 0. The first kappa shape index (κ1) is 11.1. The Bertz CT molecular complexity index is 79.6. The number of halogens is 3. The molecule has 0 heterocycles. The van der Waals surface area contributed by atoms with Crippen molar-refractivity contribution in [3.63, 3.8) is 0 Å². The SMILES string of the molecule is [Si]CCCCCC(Cl)(Cl)Cl. The van der Waals surface area contributed by atoms with Gasteiger partial charge in [-0.3, -0.25) is 0 Å². The van der Waals surface area contributed by atoms with E-state index in [0.717, 1.165) is 25.3 Å². The van der Waals surface area contributed by atoms with Crippen LogP contribution in [0.5, 0.6) is 0 Å². The lowest BCUT2D eigenvalue weighted by Gasteiger charge is -2.08. The van der Waals surface area contributed by atoms with Crippen molar-refractivity contribution in [2.45, 2.75) is 35.5 Å². The van der Waals surface area contributed by atoms with E-state index < -0.39 is 3.79 Å². The van der Waals surface area contributed by atoms with E-state index in [1.807, 2.05) is 0 Å². The normalized spacial score (nSPS) is 12.0. The Morgan fingerprint density at radius 2 is 1.60 bits per heavy atom. The van der Waals surface area contributed by atoms with Crippen LogP contribution >= 0.6 is 34.8 Å². The Labute approximate surface area is 80.6 Å². The summed E-state index contributed by atoms with van der Waals surface area (Å²) in [5.74, 6) is 0. The Morgan fingerprint density at radius 1 is 1.00 bits per heavy atom. The third-order valence-corrected chi connectivity index (χ3v) is 2.06. The predicted molar refractivity (Wildman–Crippen MR) is 49.3 cm³/mol. The maximum Gasteiger partial charge on any atom is 0.190 e.